The van der Waals surface area contributed by atoms with Gasteiger partial charge in [-0.25, -0.2) is 4.98 Å². The first-order chi connectivity index (χ1) is 10.2. The number of pyridine rings is 1. The maximum atomic E-state index is 12.1. The minimum absolute atomic E-state index is 0.00652. The molecular weight excluding hydrogens is 264 g/mol. The van der Waals surface area contributed by atoms with E-state index in [0.29, 0.717) is 5.41 Å². The average molecular weight is 284 g/mol. The number of nitrogens with zero attached hydrogens (tertiary/aromatic N) is 3. The van der Waals surface area contributed by atoms with Crippen LogP contribution in [0.1, 0.15) is 18.5 Å². The van der Waals surface area contributed by atoms with Crippen LogP contribution in [0.15, 0.2) is 35.3 Å². The highest BCUT2D eigenvalue weighted by Crippen LogP contribution is 2.36. The van der Waals surface area contributed by atoms with Crippen LogP contribution in [0.5, 0.6) is 0 Å². The molecule has 1 N–H and O–H groups in total. The van der Waals surface area contributed by atoms with Gasteiger partial charge in [-0.3, -0.25) is 14.1 Å². The molecule has 1 atom stereocenters. The summed E-state index contributed by atoms with van der Waals surface area (Å²) in [7, 11) is 0. The summed E-state index contributed by atoms with van der Waals surface area (Å²) in [5.74, 6) is 0. The molecule has 2 aromatic heterocycles. The van der Waals surface area contributed by atoms with E-state index >= 15 is 0 Å². The zero-order valence-electron chi connectivity index (χ0n) is 12.1. The average Bonchev–Trinajstić information content (AvgIpc) is 3.10. The smallest absolute Gasteiger partial charge is 0.258 e. The van der Waals surface area contributed by atoms with E-state index in [0.717, 1.165) is 44.1 Å². The van der Waals surface area contributed by atoms with Gasteiger partial charge in [0.25, 0.3) is 5.56 Å². The number of likely N-dealkylation sites (tertiary alicyclic amines) is 1. The molecular formula is C16H20N4O. The molecule has 0 aromatic carbocycles. The van der Waals surface area contributed by atoms with Crippen LogP contribution in [0, 0.1) is 5.41 Å². The minimum atomic E-state index is 0.00652. The zero-order valence-corrected chi connectivity index (χ0v) is 12.1. The summed E-state index contributed by atoms with van der Waals surface area (Å²) in [6.07, 6.45) is 4.30. The summed E-state index contributed by atoms with van der Waals surface area (Å²) in [4.78, 5) is 19.2. The quantitative estimate of drug-likeness (QED) is 0.889. The molecule has 0 bridgehead atoms. The molecule has 1 spiro atoms. The van der Waals surface area contributed by atoms with E-state index in [9.17, 15) is 4.79 Å². The second-order valence-corrected chi connectivity index (χ2v) is 6.40. The molecule has 0 radical (unpaired) electrons. The molecule has 0 amide bonds. The number of aromatic nitrogens is 2. The normalized spacial score (nSPS) is 26.1. The second kappa shape index (κ2) is 4.93. The third-order valence-corrected chi connectivity index (χ3v) is 4.86. The van der Waals surface area contributed by atoms with Crippen molar-refractivity contribution in [3.8, 4) is 0 Å². The maximum Gasteiger partial charge on any atom is 0.258 e. The van der Waals surface area contributed by atoms with E-state index in [4.69, 9.17) is 0 Å². The van der Waals surface area contributed by atoms with Crippen molar-refractivity contribution in [1.82, 2.24) is 19.6 Å². The highest BCUT2D eigenvalue weighted by molar-refractivity contribution is 5.38. The fraction of sp³-hybridized carbons (Fsp3) is 0.500. The first-order valence-electron chi connectivity index (χ1n) is 7.65. The molecule has 2 aromatic rings. The molecule has 2 fully saturated rings. The Kier molecular flexibility index (Phi) is 3.05. The summed E-state index contributed by atoms with van der Waals surface area (Å²) in [6, 6.07) is 7.33. The van der Waals surface area contributed by atoms with Crippen LogP contribution in [0.25, 0.3) is 5.65 Å². The fourth-order valence-corrected chi connectivity index (χ4v) is 3.72. The molecule has 2 saturated heterocycles. The van der Waals surface area contributed by atoms with Crippen molar-refractivity contribution in [2.24, 2.45) is 5.41 Å². The predicted octanol–water partition coefficient (Wildman–Crippen LogP) is 0.880. The summed E-state index contributed by atoms with van der Waals surface area (Å²) >= 11 is 0. The maximum absolute atomic E-state index is 12.1. The number of hydrogen-bond acceptors (Lipinski definition) is 4. The van der Waals surface area contributed by atoms with Crippen LogP contribution in [0.2, 0.25) is 0 Å². The lowest BCUT2D eigenvalue weighted by Gasteiger charge is -2.22. The van der Waals surface area contributed by atoms with Gasteiger partial charge < -0.3 is 5.32 Å². The van der Waals surface area contributed by atoms with Crippen LogP contribution in [-0.2, 0) is 6.54 Å². The minimum Gasteiger partial charge on any atom is -0.316 e. The predicted molar refractivity (Wildman–Crippen MR) is 81.3 cm³/mol. The monoisotopic (exact) mass is 284 g/mol. The molecule has 110 valence electrons. The molecule has 1 unspecified atom stereocenters. The Hall–Kier alpha value is -1.72. The van der Waals surface area contributed by atoms with Crippen molar-refractivity contribution in [2.45, 2.75) is 19.4 Å². The van der Waals surface area contributed by atoms with Crippen molar-refractivity contribution in [3.05, 3.63) is 46.5 Å². The van der Waals surface area contributed by atoms with Gasteiger partial charge in [-0.1, -0.05) is 6.07 Å². The van der Waals surface area contributed by atoms with Crippen molar-refractivity contribution in [3.63, 3.8) is 0 Å². The topological polar surface area (TPSA) is 49.6 Å². The standard InChI is InChI=1S/C16H20N4O/c21-15-9-13(18-14-3-1-2-7-20(14)15)10-19-8-5-16(12-19)4-6-17-11-16/h1-3,7,9,17H,4-6,8,10-12H2. The van der Waals surface area contributed by atoms with E-state index in [2.05, 4.69) is 15.2 Å². The lowest BCUT2D eigenvalue weighted by Crippen LogP contribution is -2.29. The van der Waals surface area contributed by atoms with Crippen molar-refractivity contribution >= 4 is 5.65 Å². The van der Waals surface area contributed by atoms with Gasteiger partial charge in [-0.15, -0.1) is 0 Å². The number of nitrogens with one attached hydrogen (secondary N) is 1. The van der Waals surface area contributed by atoms with Gasteiger partial charge in [0.1, 0.15) is 5.65 Å². The number of rotatable bonds is 2. The van der Waals surface area contributed by atoms with Gasteiger partial charge in [0, 0.05) is 31.9 Å². The van der Waals surface area contributed by atoms with E-state index in [-0.39, 0.29) is 5.56 Å². The summed E-state index contributed by atoms with van der Waals surface area (Å²) < 4.78 is 1.59. The Bertz CT molecular complexity index is 718. The molecule has 2 aliphatic heterocycles. The summed E-state index contributed by atoms with van der Waals surface area (Å²) in [5.41, 5.74) is 2.09. The van der Waals surface area contributed by atoms with Crippen LogP contribution in [0.4, 0.5) is 0 Å². The van der Waals surface area contributed by atoms with Gasteiger partial charge in [0.05, 0.1) is 5.69 Å². The third-order valence-electron chi connectivity index (χ3n) is 4.86. The molecule has 5 heteroatoms. The number of fused-ring (bicyclic) bond motifs is 1. The fourth-order valence-electron chi connectivity index (χ4n) is 3.72. The second-order valence-electron chi connectivity index (χ2n) is 6.40. The molecule has 5 nitrogen and oxygen atoms in total. The van der Waals surface area contributed by atoms with Crippen LogP contribution in [0.3, 0.4) is 0 Å². The Morgan fingerprint density at radius 3 is 3.14 bits per heavy atom. The van der Waals surface area contributed by atoms with Gasteiger partial charge in [0.2, 0.25) is 0 Å². The van der Waals surface area contributed by atoms with Gasteiger partial charge in [0.15, 0.2) is 0 Å². The molecule has 21 heavy (non-hydrogen) atoms. The van der Waals surface area contributed by atoms with Crippen LogP contribution >= 0.6 is 0 Å². The molecule has 4 heterocycles. The molecule has 0 saturated carbocycles. The Morgan fingerprint density at radius 2 is 2.29 bits per heavy atom. The zero-order chi connectivity index (χ0) is 14.3. The van der Waals surface area contributed by atoms with Gasteiger partial charge in [-0.05, 0) is 43.5 Å². The van der Waals surface area contributed by atoms with Gasteiger partial charge >= 0.3 is 0 Å². The first kappa shape index (κ1) is 13.0. The van der Waals surface area contributed by atoms with E-state index in [1.54, 1.807) is 16.7 Å². The van der Waals surface area contributed by atoms with E-state index in [1.807, 2.05) is 18.2 Å². The summed E-state index contributed by atoms with van der Waals surface area (Å²) in [6.45, 7) is 5.29. The van der Waals surface area contributed by atoms with Crippen molar-refractivity contribution < 1.29 is 0 Å². The van der Waals surface area contributed by atoms with E-state index in [1.165, 1.54) is 12.8 Å². The molecule has 4 rings (SSSR count). The Morgan fingerprint density at radius 1 is 1.33 bits per heavy atom. The van der Waals surface area contributed by atoms with Crippen molar-refractivity contribution in [1.29, 1.82) is 0 Å². The summed E-state index contributed by atoms with van der Waals surface area (Å²) in [5, 5.41) is 3.48. The lowest BCUT2D eigenvalue weighted by molar-refractivity contribution is 0.266. The first-order valence-corrected chi connectivity index (χ1v) is 7.65. The van der Waals surface area contributed by atoms with E-state index < -0.39 is 0 Å². The molecule has 0 aliphatic carbocycles. The third kappa shape index (κ3) is 2.36. The largest absolute Gasteiger partial charge is 0.316 e. The van der Waals surface area contributed by atoms with Crippen LogP contribution < -0.4 is 10.9 Å². The van der Waals surface area contributed by atoms with Gasteiger partial charge in [-0.2, -0.15) is 0 Å². The lowest BCUT2D eigenvalue weighted by atomic mass is 9.87. The highest BCUT2D eigenvalue weighted by Gasteiger charge is 2.40. The van der Waals surface area contributed by atoms with Crippen molar-refractivity contribution in [2.75, 3.05) is 26.2 Å². The SMILES string of the molecule is O=c1cc(CN2CCC3(CCNC3)C2)nc2ccccn12. The molecule has 2 aliphatic rings. The Balaban J connectivity index is 1.56. The highest BCUT2D eigenvalue weighted by atomic mass is 16.1. The number of hydrogen-bond donors (Lipinski definition) is 1. The van der Waals surface area contributed by atoms with Crippen LogP contribution in [-0.4, -0.2) is 40.5 Å². The Labute approximate surface area is 123 Å².